The molecule has 2 nitrogen and oxygen atoms in total. The Hall–Kier alpha value is -0.930. The van der Waals surface area contributed by atoms with E-state index >= 15 is 0 Å². The molecule has 0 saturated carbocycles. The standard InChI is InChI=1S/C12H16O2S/c1-3-14-9-15-8-12(13)11-6-4-10(2)5-7-11/h4-7,9,15H,3,8H2,1-2H3. The summed E-state index contributed by atoms with van der Waals surface area (Å²) in [6.07, 6.45) is 0. The molecule has 0 aliphatic carbocycles. The van der Waals surface area contributed by atoms with Crippen LogP contribution in [0.3, 0.4) is 0 Å². The van der Waals surface area contributed by atoms with Gasteiger partial charge in [0.05, 0.1) is 17.9 Å². The van der Waals surface area contributed by atoms with Crippen molar-refractivity contribution in [3.8, 4) is 0 Å². The lowest BCUT2D eigenvalue weighted by Gasteiger charge is -1.98. The number of Topliss-reactive ketones (excluding diaryl/α,β-unsaturated/α-hetero) is 1. The first-order chi connectivity index (χ1) is 7.24. The fourth-order valence-corrected chi connectivity index (χ4v) is 1.76. The molecule has 0 unspecified atom stereocenters. The van der Waals surface area contributed by atoms with Crippen LogP contribution in [0.2, 0.25) is 0 Å². The quantitative estimate of drug-likeness (QED) is 0.472. The third-order valence-corrected chi connectivity index (χ3v) is 2.69. The lowest BCUT2D eigenvalue weighted by Crippen LogP contribution is -2.01. The van der Waals surface area contributed by atoms with Gasteiger partial charge in [0, 0.05) is 5.56 Å². The monoisotopic (exact) mass is 224 g/mol. The van der Waals surface area contributed by atoms with Crippen molar-refractivity contribution < 1.29 is 9.53 Å². The van der Waals surface area contributed by atoms with Gasteiger partial charge in [-0.25, -0.2) is 0 Å². The zero-order chi connectivity index (χ0) is 11.1. The van der Waals surface area contributed by atoms with Gasteiger partial charge in [-0.1, -0.05) is 29.8 Å². The summed E-state index contributed by atoms with van der Waals surface area (Å²) in [5, 5.41) is 0. The molecule has 0 aromatic heterocycles. The summed E-state index contributed by atoms with van der Waals surface area (Å²) in [5.41, 5.74) is 3.62. The van der Waals surface area contributed by atoms with Crippen molar-refractivity contribution in [1.82, 2.24) is 0 Å². The molecule has 82 valence electrons. The fourth-order valence-electron chi connectivity index (χ4n) is 1.08. The van der Waals surface area contributed by atoms with Gasteiger partial charge in [-0.05, 0) is 13.8 Å². The average molecular weight is 224 g/mol. The Bertz CT molecular complexity index is 341. The average Bonchev–Trinajstić information content (AvgIpc) is 2.25. The molecule has 0 atom stereocenters. The van der Waals surface area contributed by atoms with Crippen molar-refractivity contribution in [3.63, 3.8) is 0 Å². The van der Waals surface area contributed by atoms with Crippen LogP contribution >= 0.6 is 11.4 Å². The third-order valence-electron chi connectivity index (χ3n) is 1.92. The summed E-state index contributed by atoms with van der Waals surface area (Å²) >= 11 is 0.917. The first kappa shape index (κ1) is 12.1. The van der Waals surface area contributed by atoms with Gasteiger partial charge in [0.15, 0.2) is 5.78 Å². The van der Waals surface area contributed by atoms with E-state index in [2.05, 4.69) is 0 Å². The van der Waals surface area contributed by atoms with Gasteiger partial charge in [-0.2, -0.15) is 11.4 Å². The number of benzene rings is 1. The predicted octanol–water partition coefficient (Wildman–Crippen LogP) is 2.44. The van der Waals surface area contributed by atoms with Gasteiger partial charge >= 0.3 is 0 Å². The first-order valence-electron chi connectivity index (χ1n) is 4.93. The molecule has 0 aliphatic rings. The van der Waals surface area contributed by atoms with E-state index in [1.165, 1.54) is 5.56 Å². The highest BCUT2D eigenvalue weighted by molar-refractivity contribution is 7.98. The summed E-state index contributed by atoms with van der Waals surface area (Å²) in [4.78, 5) is 11.6. The van der Waals surface area contributed by atoms with E-state index in [0.29, 0.717) is 12.4 Å². The Labute approximate surface area is 94.2 Å². The van der Waals surface area contributed by atoms with E-state index in [9.17, 15) is 4.79 Å². The van der Waals surface area contributed by atoms with Crippen LogP contribution in [0, 0.1) is 6.92 Å². The zero-order valence-corrected chi connectivity index (χ0v) is 9.96. The van der Waals surface area contributed by atoms with Crippen molar-refractivity contribution in [3.05, 3.63) is 35.4 Å². The van der Waals surface area contributed by atoms with Gasteiger partial charge in [-0.15, -0.1) is 0 Å². The number of hydrogen-bond acceptors (Lipinski definition) is 2. The number of ether oxygens (including phenoxy) is 1. The molecule has 0 heterocycles. The van der Waals surface area contributed by atoms with E-state index < -0.39 is 0 Å². The molecule has 15 heavy (non-hydrogen) atoms. The maximum atomic E-state index is 11.6. The van der Waals surface area contributed by atoms with Crippen LogP contribution in [-0.2, 0) is 4.74 Å². The largest absolute Gasteiger partial charge is 0.348 e. The molecule has 1 aromatic rings. The van der Waals surface area contributed by atoms with Crippen LogP contribution in [0.5, 0.6) is 0 Å². The van der Waals surface area contributed by atoms with Crippen molar-refractivity contribution >= 4 is 22.7 Å². The summed E-state index contributed by atoms with van der Waals surface area (Å²) in [6.45, 7) is 4.59. The molecule has 1 aromatic carbocycles. The SMILES string of the molecule is CCOC=[SH]CC(=O)c1ccc(C)cc1. The summed E-state index contributed by atoms with van der Waals surface area (Å²) in [6, 6.07) is 7.65. The first-order valence-corrected chi connectivity index (χ1v) is 6.08. The van der Waals surface area contributed by atoms with Gasteiger partial charge in [0.2, 0.25) is 0 Å². The second kappa shape index (κ2) is 6.53. The number of rotatable bonds is 5. The van der Waals surface area contributed by atoms with Gasteiger partial charge in [0.1, 0.15) is 0 Å². The van der Waals surface area contributed by atoms with Crippen molar-refractivity contribution in [2.75, 3.05) is 12.4 Å². The zero-order valence-electron chi connectivity index (χ0n) is 9.06. The van der Waals surface area contributed by atoms with Crippen LogP contribution in [0.4, 0.5) is 0 Å². The van der Waals surface area contributed by atoms with Crippen molar-refractivity contribution in [1.29, 1.82) is 0 Å². The lowest BCUT2D eigenvalue weighted by atomic mass is 10.1. The molecule has 0 fully saturated rings. The summed E-state index contributed by atoms with van der Waals surface area (Å²) < 4.78 is 5.05. The van der Waals surface area contributed by atoms with Crippen molar-refractivity contribution in [2.45, 2.75) is 13.8 Å². The molecule has 3 heteroatoms. The fraction of sp³-hybridized carbons (Fsp3) is 0.333. The molecule has 0 spiro atoms. The molecule has 0 N–H and O–H groups in total. The number of carbonyl (C=O) groups is 1. The Balaban J connectivity index is 2.50. The highest BCUT2D eigenvalue weighted by atomic mass is 32.1. The maximum absolute atomic E-state index is 11.6. The second-order valence-corrected chi connectivity index (χ2v) is 4.08. The van der Waals surface area contributed by atoms with Gasteiger partial charge < -0.3 is 4.74 Å². The van der Waals surface area contributed by atoms with Crippen LogP contribution in [-0.4, -0.2) is 23.7 Å². The maximum Gasteiger partial charge on any atom is 0.172 e. The summed E-state index contributed by atoms with van der Waals surface area (Å²) in [7, 11) is 0. The highest BCUT2D eigenvalue weighted by Crippen LogP contribution is 2.05. The van der Waals surface area contributed by atoms with Crippen LogP contribution in [0.1, 0.15) is 22.8 Å². The number of ketones is 1. The third kappa shape index (κ3) is 4.40. The molecule has 0 saturated heterocycles. The van der Waals surface area contributed by atoms with Crippen molar-refractivity contribution in [2.24, 2.45) is 0 Å². The van der Waals surface area contributed by atoms with E-state index in [1.54, 1.807) is 5.55 Å². The summed E-state index contributed by atoms with van der Waals surface area (Å²) in [5.74, 6) is 0.649. The smallest absolute Gasteiger partial charge is 0.172 e. The second-order valence-electron chi connectivity index (χ2n) is 3.19. The Morgan fingerprint density at radius 2 is 2.07 bits per heavy atom. The minimum Gasteiger partial charge on any atom is -0.348 e. The molecule has 1 rings (SSSR count). The minimum absolute atomic E-state index is 0.160. The number of thiol groups is 1. The molecular formula is C12H16O2S. The molecule has 0 aliphatic heterocycles. The molecular weight excluding hydrogens is 208 g/mol. The van der Waals surface area contributed by atoms with Crippen LogP contribution in [0.15, 0.2) is 24.3 Å². The number of aryl methyl sites for hydroxylation is 1. The van der Waals surface area contributed by atoms with Crippen LogP contribution < -0.4 is 0 Å². The lowest BCUT2D eigenvalue weighted by molar-refractivity contribution is 0.102. The normalized spacial score (nSPS) is 11.3. The Morgan fingerprint density at radius 3 is 2.67 bits per heavy atom. The van der Waals surface area contributed by atoms with Gasteiger partial charge in [0.25, 0.3) is 0 Å². The van der Waals surface area contributed by atoms with Crippen LogP contribution in [0.25, 0.3) is 0 Å². The highest BCUT2D eigenvalue weighted by Gasteiger charge is 2.01. The van der Waals surface area contributed by atoms with E-state index in [0.717, 1.165) is 16.9 Å². The Kier molecular flexibility index (Phi) is 5.29. The molecule has 0 radical (unpaired) electrons. The molecule has 0 amide bonds. The molecule has 0 bridgehead atoms. The van der Waals surface area contributed by atoms with E-state index in [4.69, 9.17) is 4.74 Å². The number of hydrogen-bond donors (Lipinski definition) is 1. The Morgan fingerprint density at radius 1 is 1.40 bits per heavy atom. The van der Waals surface area contributed by atoms with E-state index in [1.807, 2.05) is 38.1 Å². The van der Waals surface area contributed by atoms with Gasteiger partial charge in [-0.3, -0.25) is 4.79 Å². The predicted molar refractivity (Wildman–Crippen MR) is 67.1 cm³/mol. The minimum atomic E-state index is 0.160. The topological polar surface area (TPSA) is 26.3 Å². The van der Waals surface area contributed by atoms with E-state index in [-0.39, 0.29) is 5.78 Å². The number of carbonyl (C=O) groups excluding carboxylic acids is 1.